The molecule has 0 bridgehead atoms. The molecule has 1 fully saturated rings. The van der Waals surface area contributed by atoms with Crippen LogP contribution in [0.5, 0.6) is 5.75 Å². The third-order valence-electron chi connectivity index (χ3n) is 6.93. The second kappa shape index (κ2) is 9.08. The lowest BCUT2D eigenvalue weighted by Crippen LogP contribution is -2.47. The van der Waals surface area contributed by atoms with Gasteiger partial charge in [-0.1, -0.05) is 12.8 Å². The van der Waals surface area contributed by atoms with Gasteiger partial charge in [-0.15, -0.1) is 0 Å². The van der Waals surface area contributed by atoms with Gasteiger partial charge < -0.3 is 20.9 Å². The van der Waals surface area contributed by atoms with Gasteiger partial charge in [-0.2, -0.15) is 19.7 Å². The minimum Gasteiger partial charge on any atom is -0.496 e. The largest absolute Gasteiger partial charge is 0.496 e. The monoisotopic (exact) mass is 469 g/mol. The van der Waals surface area contributed by atoms with Gasteiger partial charge in [-0.05, 0) is 44.2 Å². The molecular formula is C23H31N7O2S. The van der Waals surface area contributed by atoms with Crippen LogP contribution >= 0.6 is 11.9 Å². The highest BCUT2D eigenvalue weighted by Gasteiger charge is 2.40. The van der Waals surface area contributed by atoms with Crippen LogP contribution in [-0.2, 0) is 6.54 Å². The molecule has 3 heterocycles. The number of nitrogens with zero attached hydrogens (tertiary/aromatic N) is 5. The number of pyridine rings is 1. The van der Waals surface area contributed by atoms with Crippen LogP contribution in [-0.4, -0.2) is 63.5 Å². The predicted molar refractivity (Wildman–Crippen MR) is 132 cm³/mol. The fraction of sp³-hybridized carbons (Fsp3) is 0.565. The average molecular weight is 470 g/mol. The van der Waals surface area contributed by atoms with Crippen LogP contribution in [0.15, 0.2) is 31.9 Å². The summed E-state index contributed by atoms with van der Waals surface area (Å²) in [5.41, 5.74) is 13.1. The smallest absolute Gasteiger partial charge is 0.160 e. The number of aliphatic hydroxyl groups is 1. The van der Waals surface area contributed by atoms with Gasteiger partial charge in [0.1, 0.15) is 18.0 Å². The van der Waals surface area contributed by atoms with Crippen LogP contribution in [0.3, 0.4) is 0 Å². The van der Waals surface area contributed by atoms with Gasteiger partial charge in [0.2, 0.25) is 0 Å². The van der Waals surface area contributed by atoms with Gasteiger partial charge in [-0.25, -0.2) is 0 Å². The topological polar surface area (TPSA) is 121 Å². The highest BCUT2D eigenvalue weighted by molar-refractivity contribution is 7.98. The number of ether oxygens (including phenoxy) is 1. The molecule has 3 atom stereocenters. The molecule has 33 heavy (non-hydrogen) atoms. The Morgan fingerprint density at radius 2 is 2.09 bits per heavy atom. The molecule has 1 aromatic heterocycles. The lowest BCUT2D eigenvalue weighted by molar-refractivity contribution is 0.0876. The van der Waals surface area contributed by atoms with Gasteiger partial charge in [0.05, 0.1) is 24.6 Å². The van der Waals surface area contributed by atoms with Gasteiger partial charge in [0, 0.05) is 47.2 Å². The molecule has 1 aromatic rings. The summed E-state index contributed by atoms with van der Waals surface area (Å²) in [6, 6.07) is 0.210. The van der Waals surface area contributed by atoms with Gasteiger partial charge in [0.15, 0.2) is 5.84 Å². The third kappa shape index (κ3) is 4.15. The first-order valence-electron chi connectivity index (χ1n) is 11.5. The minimum absolute atomic E-state index is 0.104. The summed E-state index contributed by atoms with van der Waals surface area (Å²) in [5, 5.41) is 25.5. The summed E-state index contributed by atoms with van der Waals surface area (Å²) in [4.78, 5) is 4.61. The first kappa shape index (κ1) is 22.4. The van der Waals surface area contributed by atoms with Crippen molar-refractivity contribution < 1.29 is 9.84 Å². The van der Waals surface area contributed by atoms with E-state index in [1.165, 1.54) is 17.5 Å². The van der Waals surface area contributed by atoms with Crippen LogP contribution in [0.1, 0.15) is 48.9 Å². The molecule has 10 heteroatoms. The van der Waals surface area contributed by atoms with E-state index in [0.29, 0.717) is 18.1 Å². The summed E-state index contributed by atoms with van der Waals surface area (Å²) in [7, 11) is 1.67. The maximum atomic E-state index is 10.5. The first-order valence-corrected chi connectivity index (χ1v) is 12.5. The number of nitrogens with two attached hydrogens (primary N) is 1. The van der Waals surface area contributed by atoms with Crippen molar-refractivity contribution in [3.8, 4) is 5.75 Å². The number of methoxy groups -OCH3 is 1. The number of aromatic nitrogens is 1. The fourth-order valence-corrected chi connectivity index (χ4v) is 5.99. The van der Waals surface area contributed by atoms with Crippen LogP contribution in [0.2, 0.25) is 0 Å². The zero-order chi connectivity index (χ0) is 23.1. The summed E-state index contributed by atoms with van der Waals surface area (Å²) < 4.78 is 10.0. The molecule has 2 aliphatic heterocycles. The number of aliphatic hydroxyl groups excluding tert-OH is 1. The molecular weight excluding hydrogens is 438 g/mol. The highest BCUT2D eigenvalue weighted by atomic mass is 32.2. The lowest BCUT2D eigenvalue weighted by Gasteiger charge is -2.31. The second-order valence-electron chi connectivity index (χ2n) is 9.10. The Kier molecular flexibility index (Phi) is 6.15. The standard InChI is InChI=1S/C23H31N7O2S/c1-12-9-25-18(13(2)22(12)32-3)10-30-27-17-8-16(26-15-6-4-5-7-19(15)31)14-11-33-29-23(24)21(28-30)20(14)17/h9,15-16,19,26,31H,4-8,10-11H2,1-3H3,(H2,24,29)/t15-,16?,19-/m1/s1. The molecule has 2 aliphatic carbocycles. The minimum atomic E-state index is -0.302. The average Bonchev–Trinajstić information content (AvgIpc) is 3.04. The molecule has 5 rings (SSSR count). The lowest BCUT2D eigenvalue weighted by atomic mass is 9.91. The highest BCUT2D eigenvalue weighted by Crippen LogP contribution is 2.35. The molecule has 1 saturated carbocycles. The van der Waals surface area contributed by atoms with Gasteiger partial charge in [-0.3, -0.25) is 4.98 Å². The Bertz CT molecular complexity index is 1080. The van der Waals surface area contributed by atoms with Crippen molar-refractivity contribution in [3.63, 3.8) is 0 Å². The number of hydrogen-bond donors (Lipinski definition) is 3. The number of hydrogen-bond acceptors (Lipinski definition) is 10. The van der Waals surface area contributed by atoms with Gasteiger partial charge in [0.25, 0.3) is 0 Å². The van der Waals surface area contributed by atoms with Crippen LogP contribution in [0, 0.1) is 13.8 Å². The van der Waals surface area contributed by atoms with Crippen molar-refractivity contribution >= 4 is 29.2 Å². The Labute approximate surface area is 198 Å². The van der Waals surface area contributed by atoms with Crippen LogP contribution < -0.4 is 15.8 Å². The van der Waals surface area contributed by atoms with E-state index in [0.717, 1.165) is 71.7 Å². The molecule has 9 nitrogen and oxygen atoms in total. The van der Waals surface area contributed by atoms with Crippen molar-refractivity contribution in [2.75, 3.05) is 12.9 Å². The van der Waals surface area contributed by atoms with Crippen molar-refractivity contribution in [2.24, 2.45) is 20.3 Å². The van der Waals surface area contributed by atoms with E-state index in [2.05, 4.69) is 14.7 Å². The number of hydrazone groups is 2. The molecule has 0 spiro atoms. The number of aryl methyl sites for hydroxylation is 1. The molecule has 0 saturated heterocycles. The molecule has 0 amide bonds. The molecule has 0 radical (unpaired) electrons. The van der Waals surface area contributed by atoms with Crippen molar-refractivity contribution in [2.45, 2.75) is 70.7 Å². The van der Waals surface area contributed by atoms with E-state index in [1.807, 2.05) is 20.0 Å². The first-order chi connectivity index (χ1) is 16.0. The maximum Gasteiger partial charge on any atom is 0.160 e. The number of amidine groups is 1. The molecule has 4 aliphatic rings. The summed E-state index contributed by atoms with van der Waals surface area (Å²) >= 11 is 1.45. The van der Waals surface area contributed by atoms with E-state index in [-0.39, 0.29) is 18.2 Å². The summed E-state index contributed by atoms with van der Waals surface area (Å²) in [6.07, 6.45) is 6.35. The van der Waals surface area contributed by atoms with Crippen molar-refractivity contribution in [1.29, 1.82) is 0 Å². The summed E-state index contributed by atoms with van der Waals surface area (Å²) in [6.45, 7) is 4.40. The molecule has 0 aromatic carbocycles. The molecule has 176 valence electrons. The fourth-order valence-electron chi connectivity index (χ4n) is 5.21. The predicted octanol–water partition coefficient (Wildman–Crippen LogP) is 2.22. The maximum absolute atomic E-state index is 10.5. The van der Waals surface area contributed by atoms with Crippen LogP contribution in [0.4, 0.5) is 0 Å². The van der Waals surface area contributed by atoms with E-state index in [9.17, 15) is 5.11 Å². The molecule has 1 unspecified atom stereocenters. The SMILES string of the molecule is COc1c(C)cnc(CN2N=C3CC(N[C@@H]4CCCC[C@H]4O)C4=C3C(=N2)C(N)=NSC4)c1C. The summed E-state index contributed by atoms with van der Waals surface area (Å²) in [5.74, 6) is 2.00. The quantitative estimate of drug-likeness (QED) is 0.566. The van der Waals surface area contributed by atoms with E-state index in [1.54, 1.807) is 12.2 Å². The van der Waals surface area contributed by atoms with E-state index < -0.39 is 0 Å². The van der Waals surface area contributed by atoms with Gasteiger partial charge >= 0.3 is 0 Å². The Balaban J connectivity index is 1.45. The Morgan fingerprint density at radius 3 is 2.88 bits per heavy atom. The number of nitrogens with one attached hydrogen (secondary N) is 1. The van der Waals surface area contributed by atoms with E-state index >= 15 is 0 Å². The van der Waals surface area contributed by atoms with E-state index in [4.69, 9.17) is 20.7 Å². The second-order valence-corrected chi connectivity index (χ2v) is 9.83. The normalized spacial score (nSPS) is 27.0. The zero-order valence-corrected chi connectivity index (χ0v) is 20.2. The molecule has 4 N–H and O–H groups in total. The third-order valence-corrected chi connectivity index (χ3v) is 7.69. The Hall–Kier alpha value is -2.43. The van der Waals surface area contributed by atoms with Crippen molar-refractivity contribution in [3.05, 3.63) is 34.2 Å². The van der Waals surface area contributed by atoms with Crippen molar-refractivity contribution in [1.82, 2.24) is 15.4 Å². The number of rotatable bonds is 5. The zero-order valence-electron chi connectivity index (χ0n) is 19.3. The Morgan fingerprint density at radius 1 is 1.27 bits per heavy atom. The van der Waals surface area contributed by atoms with Crippen LogP contribution in [0.25, 0.3) is 0 Å².